The third-order valence-electron chi connectivity index (χ3n) is 4.75. The van der Waals surface area contributed by atoms with E-state index in [1.165, 1.54) is 0 Å². The Balaban J connectivity index is 1.76. The lowest BCUT2D eigenvalue weighted by atomic mass is 9.98. The van der Waals surface area contributed by atoms with Gasteiger partial charge in [0.2, 0.25) is 0 Å². The quantitative estimate of drug-likeness (QED) is 0.859. The van der Waals surface area contributed by atoms with Crippen LogP contribution in [0.1, 0.15) is 48.5 Å². The molecule has 0 aliphatic carbocycles. The summed E-state index contributed by atoms with van der Waals surface area (Å²) in [6, 6.07) is 5.86. The molecule has 2 aliphatic heterocycles. The second-order valence-corrected chi connectivity index (χ2v) is 6.51. The fourth-order valence-corrected chi connectivity index (χ4v) is 3.26. The number of carbonyl (C=O) groups excluding carboxylic acids is 1. The van der Waals surface area contributed by atoms with Crippen molar-refractivity contribution in [1.82, 2.24) is 4.90 Å². The number of rotatable bonds is 3. The second-order valence-electron chi connectivity index (χ2n) is 6.51. The molecule has 3 rings (SSSR count). The van der Waals surface area contributed by atoms with Gasteiger partial charge in [0.1, 0.15) is 5.75 Å². The summed E-state index contributed by atoms with van der Waals surface area (Å²) in [5.74, 6) is 0.573. The van der Waals surface area contributed by atoms with Gasteiger partial charge in [0.15, 0.2) is 5.79 Å². The topological polar surface area (TPSA) is 48.0 Å². The van der Waals surface area contributed by atoms with Crippen LogP contribution in [0.2, 0.25) is 0 Å². The molecule has 1 aromatic rings. The number of amides is 1. The monoisotopic (exact) mass is 319 g/mol. The molecule has 126 valence electrons. The fraction of sp³-hybridized carbons (Fsp3) is 0.611. The zero-order valence-electron chi connectivity index (χ0n) is 14.1. The first-order chi connectivity index (χ1) is 11.0. The zero-order valence-corrected chi connectivity index (χ0v) is 14.1. The molecule has 2 heterocycles. The Hall–Kier alpha value is -1.59. The maximum Gasteiger partial charge on any atom is 0.257 e. The highest BCUT2D eigenvalue weighted by atomic mass is 16.7. The van der Waals surface area contributed by atoms with Gasteiger partial charge in [-0.15, -0.1) is 0 Å². The Kier molecular flexibility index (Phi) is 4.60. The van der Waals surface area contributed by atoms with Gasteiger partial charge in [0.25, 0.3) is 5.91 Å². The fourth-order valence-electron chi connectivity index (χ4n) is 3.26. The summed E-state index contributed by atoms with van der Waals surface area (Å²) in [4.78, 5) is 14.8. The Bertz CT molecular complexity index is 568. The number of carbonyl (C=O) groups is 1. The van der Waals surface area contributed by atoms with E-state index in [2.05, 4.69) is 13.8 Å². The number of methoxy groups -OCH3 is 1. The summed E-state index contributed by atoms with van der Waals surface area (Å²) in [5, 5.41) is 0. The van der Waals surface area contributed by atoms with Crippen molar-refractivity contribution in [2.45, 2.75) is 38.4 Å². The van der Waals surface area contributed by atoms with E-state index in [9.17, 15) is 4.79 Å². The summed E-state index contributed by atoms with van der Waals surface area (Å²) in [6.45, 7) is 6.84. The Morgan fingerprint density at radius 1 is 1.22 bits per heavy atom. The van der Waals surface area contributed by atoms with Crippen molar-refractivity contribution in [2.75, 3.05) is 33.4 Å². The van der Waals surface area contributed by atoms with Crippen molar-refractivity contribution in [2.24, 2.45) is 0 Å². The number of hydrogen-bond acceptors (Lipinski definition) is 4. The Morgan fingerprint density at radius 2 is 1.87 bits per heavy atom. The van der Waals surface area contributed by atoms with Crippen molar-refractivity contribution < 1.29 is 19.0 Å². The van der Waals surface area contributed by atoms with Gasteiger partial charge in [0.05, 0.1) is 25.9 Å². The molecule has 0 N–H and O–H groups in total. The molecule has 1 amide bonds. The number of ether oxygens (including phenoxy) is 3. The third-order valence-corrected chi connectivity index (χ3v) is 4.75. The smallest absolute Gasteiger partial charge is 0.257 e. The number of likely N-dealkylation sites (tertiary alicyclic amines) is 1. The SMILES string of the molecule is COc1ccc(C(C)C)cc1C(=O)N1CCC2(CC1)OCCO2. The molecule has 0 saturated carbocycles. The number of hydrogen-bond donors (Lipinski definition) is 0. The largest absolute Gasteiger partial charge is 0.496 e. The number of nitrogens with zero attached hydrogens (tertiary/aromatic N) is 1. The van der Waals surface area contributed by atoms with E-state index in [0.29, 0.717) is 43.5 Å². The predicted molar refractivity (Wildman–Crippen MR) is 86.9 cm³/mol. The minimum atomic E-state index is -0.458. The van der Waals surface area contributed by atoms with E-state index < -0.39 is 5.79 Å². The molecule has 5 heteroatoms. The zero-order chi connectivity index (χ0) is 16.4. The lowest BCUT2D eigenvalue weighted by Crippen LogP contribution is -2.47. The molecule has 2 saturated heterocycles. The molecule has 0 unspecified atom stereocenters. The van der Waals surface area contributed by atoms with E-state index in [1.807, 2.05) is 23.1 Å². The van der Waals surface area contributed by atoms with Crippen LogP contribution in [0.15, 0.2) is 18.2 Å². The van der Waals surface area contributed by atoms with Gasteiger partial charge in [0, 0.05) is 25.9 Å². The summed E-state index contributed by atoms with van der Waals surface area (Å²) in [7, 11) is 1.60. The van der Waals surface area contributed by atoms with Crippen molar-refractivity contribution in [3.8, 4) is 5.75 Å². The van der Waals surface area contributed by atoms with Gasteiger partial charge in [-0.2, -0.15) is 0 Å². The van der Waals surface area contributed by atoms with Crippen molar-refractivity contribution >= 4 is 5.91 Å². The molecule has 5 nitrogen and oxygen atoms in total. The maximum absolute atomic E-state index is 12.9. The van der Waals surface area contributed by atoms with Gasteiger partial charge in [-0.1, -0.05) is 19.9 Å². The Labute approximate surface area is 137 Å². The summed E-state index contributed by atoms with van der Waals surface area (Å²) < 4.78 is 16.8. The van der Waals surface area contributed by atoms with Crippen LogP contribution in [-0.2, 0) is 9.47 Å². The highest BCUT2D eigenvalue weighted by Gasteiger charge is 2.41. The third kappa shape index (κ3) is 3.21. The van der Waals surface area contributed by atoms with Gasteiger partial charge >= 0.3 is 0 Å². The van der Waals surface area contributed by atoms with E-state index in [4.69, 9.17) is 14.2 Å². The van der Waals surface area contributed by atoms with Gasteiger partial charge in [-0.3, -0.25) is 4.79 Å². The van der Waals surface area contributed by atoms with Crippen LogP contribution in [0, 0.1) is 0 Å². The molecule has 0 bridgehead atoms. The number of benzene rings is 1. The van der Waals surface area contributed by atoms with Crippen LogP contribution in [-0.4, -0.2) is 50.0 Å². The van der Waals surface area contributed by atoms with Crippen LogP contribution in [0.25, 0.3) is 0 Å². The molecular weight excluding hydrogens is 294 g/mol. The molecule has 23 heavy (non-hydrogen) atoms. The maximum atomic E-state index is 12.9. The van der Waals surface area contributed by atoms with E-state index in [1.54, 1.807) is 7.11 Å². The van der Waals surface area contributed by atoms with E-state index in [-0.39, 0.29) is 5.91 Å². The van der Waals surface area contributed by atoms with Gasteiger partial charge in [-0.05, 0) is 23.6 Å². The molecular formula is C18H25NO4. The molecule has 1 aromatic carbocycles. The highest BCUT2D eigenvalue weighted by molar-refractivity contribution is 5.97. The summed E-state index contributed by atoms with van der Waals surface area (Å²) in [5.41, 5.74) is 1.79. The molecule has 1 spiro atoms. The molecule has 0 aromatic heterocycles. The molecule has 0 radical (unpaired) electrons. The summed E-state index contributed by atoms with van der Waals surface area (Å²) in [6.07, 6.45) is 1.45. The Morgan fingerprint density at radius 3 is 2.43 bits per heavy atom. The van der Waals surface area contributed by atoms with E-state index in [0.717, 1.165) is 18.4 Å². The predicted octanol–water partition coefficient (Wildman–Crippen LogP) is 2.80. The first-order valence-corrected chi connectivity index (χ1v) is 8.30. The minimum Gasteiger partial charge on any atom is -0.496 e. The first kappa shape index (κ1) is 16.3. The van der Waals surface area contributed by atoms with Crippen LogP contribution in [0.3, 0.4) is 0 Å². The average Bonchev–Trinajstić information content (AvgIpc) is 3.02. The minimum absolute atomic E-state index is 0.0252. The van der Waals surface area contributed by atoms with Crippen molar-refractivity contribution in [3.63, 3.8) is 0 Å². The number of piperidine rings is 1. The normalized spacial score (nSPS) is 20.3. The highest BCUT2D eigenvalue weighted by Crippen LogP contribution is 2.33. The first-order valence-electron chi connectivity index (χ1n) is 8.30. The second kappa shape index (κ2) is 6.49. The van der Waals surface area contributed by atoms with Crippen molar-refractivity contribution in [1.29, 1.82) is 0 Å². The van der Waals surface area contributed by atoms with E-state index >= 15 is 0 Å². The average molecular weight is 319 g/mol. The standard InChI is InChI=1S/C18H25NO4/c1-13(2)14-4-5-16(21-3)15(12-14)17(20)19-8-6-18(7-9-19)22-10-11-23-18/h4-5,12-13H,6-11H2,1-3H3. The molecule has 2 fully saturated rings. The molecule has 2 aliphatic rings. The van der Waals surface area contributed by atoms with Crippen LogP contribution in [0.5, 0.6) is 5.75 Å². The van der Waals surface area contributed by atoms with Gasteiger partial charge in [-0.25, -0.2) is 0 Å². The van der Waals surface area contributed by atoms with Crippen molar-refractivity contribution in [3.05, 3.63) is 29.3 Å². The van der Waals surface area contributed by atoms with Crippen LogP contribution >= 0.6 is 0 Å². The van der Waals surface area contributed by atoms with Crippen LogP contribution < -0.4 is 4.74 Å². The lowest BCUT2D eigenvalue weighted by Gasteiger charge is -2.37. The lowest BCUT2D eigenvalue weighted by molar-refractivity contribution is -0.181. The van der Waals surface area contributed by atoms with Gasteiger partial charge < -0.3 is 19.1 Å². The summed E-state index contributed by atoms with van der Waals surface area (Å²) >= 11 is 0. The molecule has 0 atom stereocenters. The van der Waals surface area contributed by atoms with Crippen LogP contribution in [0.4, 0.5) is 0 Å².